The van der Waals surface area contributed by atoms with Crippen molar-refractivity contribution in [3.8, 4) is 5.75 Å². The minimum atomic E-state index is -2.86. The van der Waals surface area contributed by atoms with Crippen molar-refractivity contribution in [2.75, 3.05) is 6.54 Å². The maximum Gasteiger partial charge on any atom is 0.333 e. The van der Waals surface area contributed by atoms with Gasteiger partial charge in [0.25, 0.3) is 18.3 Å². The number of carbonyl (C=O) groups excluding carboxylic acids is 1. The molecule has 2 saturated heterocycles. The highest BCUT2D eigenvalue weighted by atomic mass is 35.5. The first-order chi connectivity index (χ1) is 18.3. The number of rotatable bonds is 8. The Labute approximate surface area is 228 Å². The van der Waals surface area contributed by atoms with Gasteiger partial charge in [-0.3, -0.25) is 4.79 Å². The Balaban J connectivity index is 1.28. The summed E-state index contributed by atoms with van der Waals surface area (Å²) in [6.45, 7) is 2.92. The highest BCUT2D eigenvalue weighted by Crippen LogP contribution is 2.50. The number of carboxylic acid groups (broad SMARTS) is 1. The van der Waals surface area contributed by atoms with Crippen LogP contribution in [0.15, 0.2) is 41.7 Å². The van der Waals surface area contributed by atoms with Crippen molar-refractivity contribution >= 4 is 23.5 Å². The summed E-state index contributed by atoms with van der Waals surface area (Å²) in [6.07, 6.45) is 2.69. The van der Waals surface area contributed by atoms with E-state index < -0.39 is 41.4 Å². The van der Waals surface area contributed by atoms with E-state index in [-0.39, 0.29) is 47.4 Å². The van der Waals surface area contributed by atoms with E-state index in [0.29, 0.717) is 18.7 Å². The van der Waals surface area contributed by atoms with Crippen LogP contribution in [-0.2, 0) is 9.59 Å². The van der Waals surface area contributed by atoms with E-state index in [1.54, 1.807) is 6.08 Å². The molecule has 2 unspecified atom stereocenters. The number of piperidine rings is 1. The number of aliphatic carboxylic acids is 1. The molecule has 0 aromatic heterocycles. The van der Waals surface area contributed by atoms with E-state index in [9.17, 15) is 32.3 Å². The third-order valence-electron chi connectivity index (χ3n) is 7.96. The lowest BCUT2D eigenvalue weighted by molar-refractivity contribution is -0.135. The fourth-order valence-electron chi connectivity index (χ4n) is 5.90. The first-order valence-corrected chi connectivity index (χ1v) is 13.3. The van der Waals surface area contributed by atoms with Crippen molar-refractivity contribution in [2.45, 2.75) is 88.1 Å². The number of carbonyl (C=O) groups is 2. The van der Waals surface area contributed by atoms with Gasteiger partial charge < -0.3 is 25.0 Å². The summed E-state index contributed by atoms with van der Waals surface area (Å²) in [5, 5.41) is 12.5. The average Bonchev–Trinajstić information content (AvgIpc) is 3.41. The molecule has 0 radical (unpaired) electrons. The molecule has 1 aliphatic carbocycles. The zero-order valence-corrected chi connectivity index (χ0v) is 22.2. The van der Waals surface area contributed by atoms with Gasteiger partial charge in [-0.1, -0.05) is 11.6 Å². The summed E-state index contributed by atoms with van der Waals surface area (Å²) >= 11 is 5.84. The van der Waals surface area contributed by atoms with Crippen LogP contribution in [0.3, 0.4) is 0 Å². The lowest BCUT2D eigenvalue weighted by Gasteiger charge is -2.46. The molecule has 39 heavy (non-hydrogen) atoms. The Morgan fingerprint density at radius 1 is 1.18 bits per heavy atom. The van der Waals surface area contributed by atoms with Gasteiger partial charge >= 0.3 is 5.97 Å². The predicted molar refractivity (Wildman–Crippen MR) is 135 cm³/mol. The average molecular weight is 572 g/mol. The van der Waals surface area contributed by atoms with Crippen LogP contribution in [0.1, 0.15) is 57.9 Å². The van der Waals surface area contributed by atoms with Crippen LogP contribution in [-0.4, -0.2) is 69.0 Å². The van der Waals surface area contributed by atoms with Gasteiger partial charge in [0.2, 0.25) is 0 Å². The van der Waals surface area contributed by atoms with Gasteiger partial charge in [-0.15, -0.1) is 0 Å². The third kappa shape index (κ3) is 5.42. The van der Waals surface area contributed by atoms with E-state index >= 15 is 0 Å². The number of alkyl halides is 4. The van der Waals surface area contributed by atoms with Crippen molar-refractivity contribution in [1.82, 2.24) is 15.1 Å². The number of hydrogen-bond donors (Lipinski definition) is 2. The summed E-state index contributed by atoms with van der Waals surface area (Å²) in [7, 11) is 0. The standard InChI is InChI=1S/C27H30ClF4N3O4/c1-26(2,39-20-7-4-15(28)9-19(20)23(29)30)25(38)33-16-10-17-5-6-18(11-16)35(17)22-8-3-14(24(36)37)13-34(22)21-12-27(21,31)32/h3-4,7-9,16-18,21,23H,5-6,10-13H2,1-2H3,(H,33,38)(H,36,37)/t16?,17-,18+,21?. The molecule has 12 heteroatoms. The third-order valence-corrected chi connectivity index (χ3v) is 8.20. The van der Waals surface area contributed by atoms with Gasteiger partial charge in [0.1, 0.15) is 17.6 Å². The summed E-state index contributed by atoms with van der Waals surface area (Å²) in [5.41, 5.74) is -1.79. The van der Waals surface area contributed by atoms with Gasteiger partial charge in [0.15, 0.2) is 5.60 Å². The molecule has 3 fully saturated rings. The van der Waals surface area contributed by atoms with E-state index in [4.69, 9.17) is 16.3 Å². The number of nitrogens with zero attached hydrogens (tertiary/aromatic N) is 2. The van der Waals surface area contributed by atoms with Crippen LogP contribution in [0.5, 0.6) is 5.75 Å². The van der Waals surface area contributed by atoms with Gasteiger partial charge in [-0.2, -0.15) is 0 Å². The molecule has 1 aromatic carbocycles. The van der Waals surface area contributed by atoms with Crippen LogP contribution in [0, 0.1) is 0 Å². The first kappa shape index (κ1) is 27.6. The number of fused-ring (bicyclic) bond motifs is 2. The quantitative estimate of drug-likeness (QED) is 0.422. The van der Waals surface area contributed by atoms with Gasteiger partial charge in [0, 0.05) is 29.6 Å². The molecular formula is C27H30ClF4N3O4. The number of carboxylic acids is 1. The smallest absolute Gasteiger partial charge is 0.333 e. The van der Waals surface area contributed by atoms with Gasteiger partial charge in [0.05, 0.1) is 17.7 Å². The van der Waals surface area contributed by atoms with Crippen LogP contribution in [0.2, 0.25) is 5.02 Å². The Kier molecular flexibility index (Phi) is 7.01. The lowest BCUT2D eigenvalue weighted by atomic mass is 9.95. The second-order valence-electron chi connectivity index (χ2n) is 11.2. The fourth-order valence-corrected chi connectivity index (χ4v) is 6.08. The van der Waals surface area contributed by atoms with Crippen molar-refractivity contribution in [3.05, 3.63) is 52.3 Å². The summed E-state index contributed by atoms with van der Waals surface area (Å²) in [5.74, 6) is -3.97. The van der Waals surface area contributed by atoms with E-state index in [1.165, 1.54) is 37.0 Å². The van der Waals surface area contributed by atoms with Crippen molar-refractivity contribution in [1.29, 1.82) is 0 Å². The molecule has 7 nitrogen and oxygen atoms in total. The molecular weight excluding hydrogens is 542 g/mol. The number of halogens is 5. The Bertz CT molecular complexity index is 1220. The maximum absolute atomic E-state index is 14.1. The molecule has 4 aliphatic rings. The van der Waals surface area contributed by atoms with Crippen LogP contribution in [0.25, 0.3) is 0 Å². The Morgan fingerprint density at radius 2 is 1.82 bits per heavy atom. The molecule has 1 aromatic rings. The Hall–Kier alpha value is -2.95. The largest absolute Gasteiger partial charge is 0.478 e. The number of benzene rings is 1. The Morgan fingerprint density at radius 3 is 2.38 bits per heavy atom. The molecule has 1 amide bonds. The first-order valence-electron chi connectivity index (χ1n) is 12.9. The molecule has 1 saturated carbocycles. The minimum Gasteiger partial charge on any atom is -0.478 e. The van der Waals surface area contributed by atoms with E-state index in [2.05, 4.69) is 10.2 Å². The van der Waals surface area contributed by atoms with Crippen LogP contribution < -0.4 is 10.1 Å². The van der Waals surface area contributed by atoms with Gasteiger partial charge in [-0.25, -0.2) is 22.4 Å². The maximum atomic E-state index is 14.1. The van der Waals surface area contributed by atoms with Crippen LogP contribution in [0.4, 0.5) is 17.6 Å². The number of ether oxygens (including phenoxy) is 1. The monoisotopic (exact) mass is 571 g/mol. The molecule has 2 N–H and O–H groups in total. The lowest BCUT2D eigenvalue weighted by Crippen LogP contribution is -2.56. The molecule has 3 aliphatic heterocycles. The van der Waals surface area contributed by atoms with Gasteiger partial charge in [-0.05, 0) is 69.9 Å². The molecule has 5 rings (SSSR count). The summed E-state index contributed by atoms with van der Waals surface area (Å²) < 4.78 is 60.8. The van der Waals surface area contributed by atoms with E-state index in [0.717, 1.165) is 18.9 Å². The molecule has 2 bridgehead atoms. The molecule has 3 heterocycles. The van der Waals surface area contributed by atoms with Crippen LogP contribution >= 0.6 is 11.6 Å². The second-order valence-corrected chi connectivity index (χ2v) is 11.6. The SMILES string of the molecule is CC(C)(Oc1ccc(Cl)cc1C(F)F)C(=O)NC1C[C@H]2CC[C@@H](C1)N2C1=CC=C(C(=O)O)CN1C1CC1(F)F. The summed E-state index contributed by atoms with van der Waals surface area (Å²) in [4.78, 5) is 28.3. The van der Waals surface area contributed by atoms with Crippen molar-refractivity contribution in [3.63, 3.8) is 0 Å². The highest BCUT2D eigenvalue weighted by molar-refractivity contribution is 6.30. The minimum absolute atomic E-state index is 0.0271. The number of hydrogen-bond acceptors (Lipinski definition) is 5. The predicted octanol–water partition coefficient (Wildman–Crippen LogP) is 5.12. The fraction of sp³-hybridized carbons (Fsp3) is 0.556. The zero-order chi connectivity index (χ0) is 28.3. The van der Waals surface area contributed by atoms with Crippen molar-refractivity contribution < 1.29 is 37.0 Å². The molecule has 212 valence electrons. The normalized spacial score (nSPS) is 27.7. The van der Waals surface area contributed by atoms with E-state index in [1.807, 2.05) is 0 Å². The number of nitrogens with one attached hydrogen (secondary N) is 1. The highest BCUT2D eigenvalue weighted by Gasteiger charge is 2.62. The zero-order valence-electron chi connectivity index (χ0n) is 21.5. The number of allylic oxidation sites excluding steroid dienone is 2. The summed E-state index contributed by atoms with van der Waals surface area (Å²) in [6, 6.07) is 2.53. The number of amides is 1. The topological polar surface area (TPSA) is 82.1 Å². The molecule has 4 atom stereocenters. The molecule has 0 spiro atoms. The second kappa shape index (κ2) is 9.91. The van der Waals surface area contributed by atoms with Crippen molar-refractivity contribution in [2.24, 2.45) is 0 Å².